The van der Waals surface area contributed by atoms with Crippen molar-refractivity contribution >= 4 is 17.6 Å². The van der Waals surface area contributed by atoms with Gasteiger partial charge in [0.25, 0.3) is 0 Å². The van der Waals surface area contributed by atoms with E-state index in [-0.39, 0.29) is 23.3 Å². The number of hydrogen-bond donors (Lipinski definition) is 1. The van der Waals surface area contributed by atoms with Gasteiger partial charge < -0.3 is 9.84 Å². The summed E-state index contributed by atoms with van der Waals surface area (Å²) >= 11 is 6.09. The zero-order valence-electron chi connectivity index (χ0n) is 11.7. The minimum Gasteiger partial charge on any atom is -0.507 e. The number of ether oxygens (including phenoxy) is 1. The van der Waals surface area contributed by atoms with Crippen LogP contribution in [0.4, 0.5) is 0 Å². The maximum Gasteiger partial charge on any atom is 0.342 e. The third-order valence-corrected chi connectivity index (χ3v) is 3.85. The highest BCUT2D eigenvalue weighted by molar-refractivity contribution is 6.32. The molecule has 3 nitrogen and oxygen atoms in total. The van der Waals surface area contributed by atoms with Gasteiger partial charge in [0.05, 0.1) is 0 Å². The van der Waals surface area contributed by atoms with Crippen LogP contribution in [0.25, 0.3) is 0 Å². The van der Waals surface area contributed by atoms with Crippen LogP contribution < -0.4 is 0 Å². The second-order valence-electron chi connectivity index (χ2n) is 4.73. The van der Waals surface area contributed by atoms with Gasteiger partial charge in [-0.15, -0.1) is 6.58 Å². The number of hydrogen-bond acceptors (Lipinski definition) is 3. The molecule has 104 valence electrons. The summed E-state index contributed by atoms with van der Waals surface area (Å²) in [7, 11) is 0. The molecule has 4 heteroatoms. The van der Waals surface area contributed by atoms with Gasteiger partial charge in [0.2, 0.25) is 0 Å². The Morgan fingerprint density at radius 2 is 2.05 bits per heavy atom. The van der Waals surface area contributed by atoms with Crippen LogP contribution in [-0.4, -0.2) is 17.2 Å². The Morgan fingerprint density at radius 1 is 1.47 bits per heavy atom. The predicted octanol–water partition coefficient (Wildman–Crippen LogP) is 4.03. The van der Waals surface area contributed by atoms with Crippen molar-refractivity contribution in [2.75, 3.05) is 0 Å². The van der Waals surface area contributed by atoms with E-state index in [1.165, 1.54) is 6.07 Å². The first kappa shape index (κ1) is 15.6. The number of halogens is 1. The smallest absolute Gasteiger partial charge is 0.342 e. The first-order valence-electron chi connectivity index (χ1n) is 6.11. The standard InChI is InChI=1S/C15H19ClO3/c1-6-8(2)11(5)19-15(18)13-10(4)14(16)9(3)7-12(13)17/h6-8,11,17H,1H2,2-5H3/t8-,11+/m0/s1. The number of carbonyl (C=O) groups excluding carboxylic acids is 1. The number of phenolic OH excluding ortho intramolecular Hbond substituents is 1. The van der Waals surface area contributed by atoms with E-state index < -0.39 is 5.97 Å². The summed E-state index contributed by atoms with van der Waals surface area (Å²) in [6.07, 6.45) is 1.40. The quantitative estimate of drug-likeness (QED) is 0.670. The van der Waals surface area contributed by atoms with Gasteiger partial charge in [-0.2, -0.15) is 0 Å². The fourth-order valence-corrected chi connectivity index (χ4v) is 1.87. The molecule has 0 aliphatic carbocycles. The molecule has 0 unspecified atom stereocenters. The number of benzene rings is 1. The number of phenols is 1. The van der Waals surface area contributed by atoms with Gasteiger partial charge in [0.1, 0.15) is 17.4 Å². The summed E-state index contributed by atoms with van der Waals surface area (Å²) < 4.78 is 5.32. The maximum atomic E-state index is 12.1. The number of rotatable bonds is 4. The lowest BCUT2D eigenvalue weighted by molar-refractivity contribution is 0.0262. The topological polar surface area (TPSA) is 46.5 Å². The summed E-state index contributed by atoms with van der Waals surface area (Å²) in [6, 6.07) is 1.47. The molecule has 0 heterocycles. The molecule has 0 radical (unpaired) electrons. The van der Waals surface area contributed by atoms with Gasteiger partial charge in [-0.1, -0.05) is 24.6 Å². The van der Waals surface area contributed by atoms with Crippen LogP contribution in [0.3, 0.4) is 0 Å². The predicted molar refractivity (Wildman–Crippen MR) is 76.8 cm³/mol. The van der Waals surface area contributed by atoms with Crippen LogP contribution >= 0.6 is 11.6 Å². The lowest BCUT2D eigenvalue weighted by atomic mass is 10.0. The minimum absolute atomic E-state index is 0.0346. The van der Waals surface area contributed by atoms with Crippen molar-refractivity contribution < 1.29 is 14.6 Å². The minimum atomic E-state index is -0.571. The van der Waals surface area contributed by atoms with Gasteiger partial charge in [0.15, 0.2) is 0 Å². The number of carbonyl (C=O) groups is 1. The average molecular weight is 283 g/mol. The number of aryl methyl sites for hydroxylation is 1. The summed E-state index contributed by atoms with van der Waals surface area (Å²) in [5.41, 5.74) is 1.38. The summed E-state index contributed by atoms with van der Waals surface area (Å²) in [4.78, 5) is 12.1. The third-order valence-electron chi connectivity index (χ3n) is 3.27. The zero-order chi connectivity index (χ0) is 14.7. The van der Waals surface area contributed by atoms with Crippen molar-refractivity contribution in [2.45, 2.75) is 33.8 Å². The zero-order valence-corrected chi connectivity index (χ0v) is 12.4. The highest BCUT2D eigenvalue weighted by atomic mass is 35.5. The highest BCUT2D eigenvalue weighted by Gasteiger charge is 2.22. The average Bonchev–Trinajstić information content (AvgIpc) is 2.34. The second kappa shape index (κ2) is 6.11. The molecular formula is C15H19ClO3. The van der Waals surface area contributed by atoms with Gasteiger partial charge in [0, 0.05) is 10.9 Å². The van der Waals surface area contributed by atoms with Crippen LogP contribution in [-0.2, 0) is 4.74 Å². The molecule has 0 saturated carbocycles. The van der Waals surface area contributed by atoms with Crippen LogP contribution in [0, 0.1) is 19.8 Å². The van der Waals surface area contributed by atoms with E-state index >= 15 is 0 Å². The highest BCUT2D eigenvalue weighted by Crippen LogP contribution is 2.31. The van der Waals surface area contributed by atoms with E-state index in [2.05, 4.69) is 6.58 Å². The third kappa shape index (κ3) is 3.29. The Kier molecular flexibility index (Phi) is 5.01. The van der Waals surface area contributed by atoms with E-state index in [9.17, 15) is 9.90 Å². The first-order valence-corrected chi connectivity index (χ1v) is 6.49. The summed E-state index contributed by atoms with van der Waals surface area (Å²) in [5, 5.41) is 10.4. The van der Waals surface area contributed by atoms with Crippen LogP contribution in [0.2, 0.25) is 5.02 Å². The van der Waals surface area contributed by atoms with Gasteiger partial charge >= 0.3 is 5.97 Å². The van der Waals surface area contributed by atoms with Crippen molar-refractivity contribution in [2.24, 2.45) is 5.92 Å². The molecular weight excluding hydrogens is 264 g/mol. The lowest BCUT2D eigenvalue weighted by Crippen LogP contribution is -2.21. The van der Waals surface area contributed by atoms with Crippen molar-refractivity contribution in [1.82, 2.24) is 0 Å². The largest absolute Gasteiger partial charge is 0.507 e. The van der Waals surface area contributed by atoms with E-state index in [1.54, 1.807) is 26.8 Å². The Morgan fingerprint density at radius 3 is 2.58 bits per heavy atom. The van der Waals surface area contributed by atoms with Crippen molar-refractivity contribution in [3.8, 4) is 5.75 Å². The van der Waals surface area contributed by atoms with Crippen LogP contribution in [0.1, 0.15) is 35.3 Å². The monoisotopic (exact) mass is 282 g/mol. The maximum absolute atomic E-state index is 12.1. The molecule has 1 aromatic rings. The SMILES string of the molecule is C=C[C@H](C)[C@@H](C)OC(=O)c1c(O)cc(C)c(Cl)c1C. The van der Waals surface area contributed by atoms with E-state index in [0.717, 1.165) is 5.56 Å². The molecule has 1 aromatic carbocycles. The normalized spacial score (nSPS) is 13.7. The molecule has 0 aliphatic rings. The Labute approximate surface area is 118 Å². The van der Waals surface area contributed by atoms with Crippen LogP contribution in [0.5, 0.6) is 5.75 Å². The van der Waals surface area contributed by atoms with Crippen molar-refractivity contribution in [3.05, 3.63) is 40.4 Å². The Hall–Kier alpha value is -1.48. The van der Waals surface area contributed by atoms with Crippen molar-refractivity contribution in [1.29, 1.82) is 0 Å². The van der Waals surface area contributed by atoms with E-state index in [4.69, 9.17) is 16.3 Å². The number of esters is 1. The van der Waals surface area contributed by atoms with E-state index in [1.807, 2.05) is 6.92 Å². The Bertz CT molecular complexity index is 509. The second-order valence-corrected chi connectivity index (χ2v) is 5.11. The summed E-state index contributed by atoms with van der Waals surface area (Å²) in [5.74, 6) is -0.645. The molecule has 0 fully saturated rings. The van der Waals surface area contributed by atoms with Gasteiger partial charge in [-0.05, 0) is 38.0 Å². The number of aromatic hydroxyl groups is 1. The van der Waals surface area contributed by atoms with E-state index in [0.29, 0.717) is 10.6 Å². The lowest BCUT2D eigenvalue weighted by Gasteiger charge is -2.19. The Balaban J connectivity index is 3.07. The van der Waals surface area contributed by atoms with Crippen molar-refractivity contribution in [3.63, 3.8) is 0 Å². The fourth-order valence-electron chi connectivity index (χ4n) is 1.72. The molecule has 2 atom stereocenters. The van der Waals surface area contributed by atoms with Gasteiger partial charge in [-0.3, -0.25) is 0 Å². The molecule has 0 aliphatic heterocycles. The molecule has 0 amide bonds. The molecule has 0 bridgehead atoms. The summed E-state index contributed by atoms with van der Waals surface area (Å²) in [6.45, 7) is 10.8. The van der Waals surface area contributed by atoms with Gasteiger partial charge in [-0.25, -0.2) is 4.79 Å². The molecule has 1 N–H and O–H groups in total. The van der Waals surface area contributed by atoms with Crippen LogP contribution in [0.15, 0.2) is 18.7 Å². The molecule has 0 saturated heterocycles. The fraction of sp³-hybridized carbons (Fsp3) is 0.400. The molecule has 0 aromatic heterocycles. The first-order chi connectivity index (χ1) is 8.79. The molecule has 0 spiro atoms. The molecule has 1 rings (SSSR count). The molecule has 19 heavy (non-hydrogen) atoms.